The summed E-state index contributed by atoms with van der Waals surface area (Å²) in [6.07, 6.45) is 1.85. The molecule has 0 spiro atoms. The number of thiocarbonyl (C=S) groups is 1. The first kappa shape index (κ1) is 11.0. The molecular formula is C8H10N2O2S3. The van der Waals surface area contributed by atoms with Crippen molar-refractivity contribution < 1.29 is 8.42 Å². The van der Waals surface area contributed by atoms with Crippen LogP contribution in [0.4, 0.5) is 0 Å². The van der Waals surface area contributed by atoms with E-state index >= 15 is 0 Å². The van der Waals surface area contributed by atoms with Gasteiger partial charge in [-0.15, -0.1) is 11.3 Å². The fourth-order valence-electron chi connectivity index (χ4n) is 1.08. The van der Waals surface area contributed by atoms with Crippen LogP contribution < -0.4 is 10.5 Å². The molecule has 1 fully saturated rings. The molecule has 0 radical (unpaired) electrons. The normalized spacial score (nSPS) is 16.5. The standard InChI is InChI=1S/C8H10N2O2S3/c9-8(13)6-3-4-7(14-6)15(11,12)10-5-1-2-5/h3-5,10H,1-2H2,(H2,9,13). The highest BCUT2D eigenvalue weighted by atomic mass is 32.2. The molecule has 1 aliphatic rings. The predicted octanol–water partition coefficient (Wildman–Crippen LogP) is 0.823. The summed E-state index contributed by atoms with van der Waals surface area (Å²) in [6.45, 7) is 0. The van der Waals surface area contributed by atoms with Gasteiger partial charge in [-0.05, 0) is 25.0 Å². The van der Waals surface area contributed by atoms with Gasteiger partial charge in [-0.25, -0.2) is 13.1 Å². The van der Waals surface area contributed by atoms with E-state index in [4.69, 9.17) is 18.0 Å². The summed E-state index contributed by atoms with van der Waals surface area (Å²) in [7, 11) is -3.36. The van der Waals surface area contributed by atoms with Gasteiger partial charge in [0.05, 0.1) is 4.88 Å². The average Bonchev–Trinajstić information content (AvgIpc) is 2.80. The smallest absolute Gasteiger partial charge is 0.250 e. The molecule has 0 atom stereocenters. The number of sulfonamides is 1. The molecule has 15 heavy (non-hydrogen) atoms. The van der Waals surface area contributed by atoms with Crippen LogP contribution in [0, 0.1) is 0 Å². The lowest BCUT2D eigenvalue weighted by Gasteiger charge is -2.01. The Kier molecular flexibility index (Phi) is 2.80. The topological polar surface area (TPSA) is 72.2 Å². The second kappa shape index (κ2) is 3.82. The minimum Gasteiger partial charge on any atom is -0.389 e. The van der Waals surface area contributed by atoms with E-state index < -0.39 is 10.0 Å². The van der Waals surface area contributed by atoms with Gasteiger partial charge in [0.15, 0.2) is 0 Å². The third-order valence-electron chi connectivity index (χ3n) is 1.99. The average molecular weight is 262 g/mol. The highest BCUT2D eigenvalue weighted by molar-refractivity contribution is 7.91. The van der Waals surface area contributed by atoms with Gasteiger partial charge in [0.1, 0.15) is 9.20 Å². The lowest BCUT2D eigenvalue weighted by molar-refractivity contribution is 0.583. The number of hydrogen-bond donors (Lipinski definition) is 2. The molecule has 7 heteroatoms. The molecule has 0 unspecified atom stereocenters. The minimum atomic E-state index is -3.36. The van der Waals surface area contributed by atoms with E-state index in [0.29, 0.717) is 4.88 Å². The number of thiophene rings is 1. The van der Waals surface area contributed by atoms with Gasteiger partial charge in [0.2, 0.25) is 10.0 Å². The molecule has 0 aliphatic heterocycles. The first-order valence-electron chi connectivity index (χ1n) is 4.41. The molecule has 0 amide bonds. The maximum atomic E-state index is 11.7. The van der Waals surface area contributed by atoms with Crippen molar-refractivity contribution in [3.8, 4) is 0 Å². The number of nitrogens with two attached hydrogens (primary N) is 1. The molecule has 1 aliphatic carbocycles. The predicted molar refractivity (Wildman–Crippen MR) is 63.5 cm³/mol. The van der Waals surface area contributed by atoms with E-state index in [1.807, 2.05) is 0 Å². The quantitative estimate of drug-likeness (QED) is 0.788. The zero-order chi connectivity index (χ0) is 11.1. The van der Waals surface area contributed by atoms with Gasteiger partial charge in [-0.2, -0.15) is 0 Å². The third kappa shape index (κ3) is 2.54. The molecule has 0 bridgehead atoms. The van der Waals surface area contributed by atoms with E-state index in [0.717, 1.165) is 24.2 Å². The summed E-state index contributed by atoms with van der Waals surface area (Å²) in [5.41, 5.74) is 5.41. The summed E-state index contributed by atoms with van der Waals surface area (Å²) in [5, 5.41) is 0. The van der Waals surface area contributed by atoms with Crippen molar-refractivity contribution in [1.82, 2.24) is 4.72 Å². The third-order valence-corrected chi connectivity index (χ3v) is 5.47. The lowest BCUT2D eigenvalue weighted by Crippen LogP contribution is -2.24. The molecular weight excluding hydrogens is 252 g/mol. The van der Waals surface area contributed by atoms with Gasteiger partial charge >= 0.3 is 0 Å². The largest absolute Gasteiger partial charge is 0.389 e. The Morgan fingerprint density at radius 1 is 1.53 bits per heavy atom. The van der Waals surface area contributed by atoms with Crippen molar-refractivity contribution in [1.29, 1.82) is 0 Å². The molecule has 3 N–H and O–H groups in total. The van der Waals surface area contributed by atoms with Crippen LogP contribution >= 0.6 is 23.6 Å². The number of hydrogen-bond acceptors (Lipinski definition) is 4. The Hall–Kier alpha value is -0.500. The zero-order valence-corrected chi connectivity index (χ0v) is 10.2. The lowest BCUT2D eigenvalue weighted by atomic mass is 10.5. The maximum absolute atomic E-state index is 11.7. The van der Waals surface area contributed by atoms with E-state index in [-0.39, 0.29) is 15.2 Å². The van der Waals surface area contributed by atoms with E-state index in [9.17, 15) is 8.42 Å². The highest BCUT2D eigenvalue weighted by Gasteiger charge is 2.28. The fourth-order valence-corrected chi connectivity index (χ4v) is 3.75. The summed E-state index contributed by atoms with van der Waals surface area (Å²) in [5.74, 6) is 0. The van der Waals surface area contributed by atoms with E-state index in [2.05, 4.69) is 4.72 Å². The molecule has 0 saturated heterocycles. The first-order valence-corrected chi connectivity index (χ1v) is 7.12. The van der Waals surface area contributed by atoms with Crippen molar-refractivity contribution in [3.05, 3.63) is 17.0 Å². The highest BCUT2D eigenvalue weighted by Crippen LogP contribution is 2.25. The number of rotatable bonds is 4. The van der Waals surface area contributed by atoms with Crippen LogP contribution in [0.2, 0.25) is 0 Å². The molecule has 1 aromatic rings. The molecule has 4 nitrogen and oxygen atoms in total. The first-order chi connectivity index (χ1) is 6.99. The molecule has 82 valence electrons. The molecule has 1 aromatic heterocycles. The van der Waals surface area contributed by atoms with Crippen molar-refractivity contribution in [3.63, 3.8) is 0 Å². The summed E-state index contributed by atoms with van der Waals surface area (Å²) >= 11 is 5.87. The summed E-state index contributed by atoms with van der Waals surface area (Å²) in [6, 6.07) is 3.28. The van der Waals surface area contributed by atoms with Crippen molar-refractivity contribution >= 4 is 38.6 Å². The maximum Gasteiger partial charge on any atom is 0.250 e. The second-order valence-corrected chi connectivity index (χ2v) is 6.84. The summed E-state index contributed by atoms with van der Waals surface area (Å²) < 4.78 is 26.3. The Balaban J connectivity index is 2.23. The number of nitrogens with one attached hydrogen (secondary N) is 1. The van der Waals surface area contributed by atoms with Gasteiger partial charge < -0.3 is 5.73 Å². The van der Waals surface area contributed by atoms with Crippen LogP contribution in [0.1, 0.15) is 17.7 Å². The fraction of sp³-hybridized carbons (Fsp3) is 0.375. The Bertz CT molecular complexity index is 488. The zero-order valence-electron chi connectivity index (χ0n) is 7.76. The van der Waals surface area contributed by atoms with Crippen molar-refractivity contribution in [2.75, 3.05) is 0 Å². The molecule has 1 saturated carbocycles. The van der Waals surface area contributed by atoms with Crippen LogP contribution in [0.25, 0.3) is 0 Å². The van der Waals surface area contributed by atoms with Crippen LogP contribution in [0.3, 0.4) is 0 Å². The van der Waals surface area contributed by atoms with Crippen molar-refractivity contribution in [2.24, 2.45) is 5.73 Å². The van der Waals surface area contributed by atoms with E-state index in [1.54, 1.807) is 6.07 Å². The molecule has 0 aromatic carbocycles. The van der Waals surface area contributed by atoms with Gasteiger partial charge in [-0.3, -0.25) is 0 Å². The van der Waals surface area contributed by atoms with Crippen molar-refractivity contribution in [2.45, 2.75) is 23.1 Å². The summed E-state index contributed by atoms with van der Waals surface area (Å²) in [4.78, 5) is 0.856. The Labute approximate surface area is 97.5 Å². The minimum absolute atomic E-state index is 0.116. The van der Waals surface area contributed by atoms with E-state index in [1.165, 1.54) is 6.07 Å². The van der Waals surface area contributed by atoms with Crippen LogP contribution in [-0.4, -0.2) is 19.4 Å². The van der Waals surface area contributed by atoms with Crippen LogP contribution in [0.5, 0.6) is 0 Å². The second-order valence-electron chi connectivity index (χ2n) is 3.38. The van der Waals surface area contributed by atoms with Gasteiger partial charge in [0.25, 0.3) is 0 Å². The van der Waals surface area contributed by atoms with Gasteiger partial charge in [0, 0.05) is 6.04 Å². The Morgan fingerprint density at radius 3 is 2.67 bits per heavy atom. The van der Waals surface area contributed by atoms with Crippen LogP contribution in [0.15, 0.2) is 16.3 Å². The van der Waals surface area contributed by atoms with Gasteiger partial charge in [-0.1, -0.05) is 12.2 Å². The Morgan fingerprint density at radius 2 is 2.20 bits per heavy atom. The molecule has 2 rings (SSSR count). The SMILES string of the molecule is NC(=S)c1ccc(S(=O)(=O)NC2CC2)s1. The van der Waals surface area contributed by atoms with Crippen LogP contribution in [-0.2, 0) is 10.0 Å². The monoisotopic (exact) mass is 262 g/mol. The molecule has 1 heterocycles.